The number of rotatable bonds is 6. The fraction of sp³-hybridized carbons (Fsp3) is 0.385. The molecule has 6 heteroatoms. The molecule has 1 atom stereocenters. The number of nitrogens with one attached hydrogen (secondary N) is 1. The van der Waals surface area contributed by atoms with E-state index in [2.05, 4.69) is 21.2 Å². The lowest BCUT2D eigenvalue weighted by atomic mass is 10.1. The van der Waals surface area contributed by atoms with Crippen molar-refractivity contribution in [3.05, 3.63) is 28.2 Å². The van der Waals surface area contributed by atoms with Gasteiger partial charge in [0.1, 0.15) is 5.75 Å². The van der Waals surface area contributed by atoms with Crippen molar-refractivity contribution in [1.29, 1.82) is 0 Å². The first-order valence-electron chi connectivity index (χ1n) is 5.76. The summed E-state index contributed by atoms with van der Waals surface area (Å²) < 4.78 is 6.03. The Balaban J connectivity index is 2.66. The normalized spacial score (nSPS) is 11.7. The average Bonchev–Trinajstić information content (AvgIpc) is 2.27. The smallest absolute Gasteiger partial charge is 0.305 e. The summed E-state index contributed by atoms with van der Waals surface area (Å²) in [6, 6.07) is 5.00. The van der Waals surface area contributed by atoms with E-state index in [1.54, 1.807) is 19.1 Å². The van der Waals surface area contributed by atoms with Gasteiger partial charge in [0.05, 0.1) is 20.0 Å². The molecular formula is C13H16BrNO4. The van der Waals surface area contributed by atoms with E-state index in [4.69, 9.17) is 9.84 Å². The number of hydrogen-bond acceptors (Lipinski definition) is 3. The summed E-state index contributed by atoms with van der Waals surface area (Å²) in [5.74, 6) is -0.540. The van der Waals surface area contributed by atoms with Gasteiger partial charge in [-0.15, -0.1) is 0 Å². The van der Waals surface area contributed by atoms with Crippen molar-refractivity contribution >= 4 is 27.8 Å². The minimum Gasteiger partial charge on any atom is -0.496 e. The van der Waals surface area contributed by atoms with E-state index in [0.29, 0.717) is 5.75 Å². The van der Waals surface area contributed by atoms with Crippen LogP contribution in [0.15, 0.2) is 22.7 Å². The lowest BCUT2D eigenvalue weighted by molar-refractivity contribution is -0.137. The number of carboxylic acid groups (broad SMARTS) is 1. The average molecular weight is 330 g/mol. The molecule has 0 fully saturated rings. The monoisotopic (exact) mass is 329 g/mol. The van der Waals surface area contributed by atoms with Gasteiger partial charge in [-0.1, -0.05) is 15.9 Å². The van der Waals surface area contributed by atoms with Crippen molar-refractivity contribution in [2.75, 3.05) is 7.11 Å². The third-order valence-electron chi connectivity index (χ3n) is 2.48. The van der Waals surface area contributed by atoms with Crippen LogP contribution in [0.2, 0.25) is 0 Å². The SMILES string of the molecule is COc1ccc(Br)cc1CC(=O)NC(C)CC(=O)O. The van der Waals surface area contributed by atoms with Crippen LogP contribution in [-0.2, 0) is 16.0 Å². The molecule has 104 valence electrons. The highest BCUT2D eigenvalue weighted by Gasteiger charge is 2.13. The Kier molecular flexibility index (Phi) is 5.82. The van der Waals surface area contributed by atoms with Crippen molar-refractivity contribution in [2.24, 2.45) is 0 Å². The molecule has 5 nitrogen and oxygen atoms in total. The van der Waals surface area contributed by atoms with E-state index in [1.807, 2.05) is 6.07 Å². The maximum atomic E-state index is 11.8. The van der Waals surface area contributed by atoms with E-state index >= 15 is 0 Å². The molecule has 0 bridgehead atoms. The van der Waals surface area contributed by atoms with Crippen LogP contribution in [0, 0.1) is 0 Å². The maximum absolute atomic E-state index is 11.8. The summed E-state index contributed by atoms with van der Waals surface area (Å²) in [5, 5.41) is 11.3. The van der Waals surface area contributed by atoms with Gasteiger partial charge in [-0.2, -0.15) is 0 Å². The first-order chi connectivity index (χ1) is 8.92. The Morgan fingerprint density at radius 3 is 2.74 bits per heavy atom. The second-order valence-electron chi connectivity index (χ2n) is 4.20. The minimum absolute atomic E-state index is 0.0959. The molecule has 1 rings (SSSR count). The van der Waals surface area contributed by atoms with Crippen LogP contribution in [-0.4, -0.2) is 30.1 Å². The minimum atomic E-state index is -0.937. The number of carbonyl (C=O) groups excluding carboxylic acids is 1. The third-order valence-corrected chi connectivity index (χ3v) is 2.97. The fourth-order valence-corrected chi connectivity index (χ4v) is 2.11. The number of methoxy groups -OCH3 is 1. The van der Waals surface area contributed by atoms with Gasteiger partial charge in [-0.3, -0.25) is 9.59 Å². The van der Waals surface area contributed by atoms with E-state index in [9.17, 15) is 9.59 Å². The van der Waals surface area contributed by atoms with Gasteiger partial charge in [-0.25, -0.2) is 0 Å². The topological polar surface area (TPSA) is 75.6 Å². The van der Waals surface area contributed by atoms with Gasteiger partial charge < -0.3 is 15.2 Å². The van der Waals surface area contributed by atoms with Crippen molar-refractivity contribution < 1.29 is 19.4 Å². The van der Waals surface area contributed by atoms with Gasteiger partial charge in [-0.05, 0) is 25.1 Å². The zero-order valence-corrected chi connectivity index (χ0v) is 12.4. The van der Waals surface area contributed by atoms with E-state index in [1.165, 1.54) is 7.11 Å². The van der Waals surface area contributed by atoms with Crippen LogP contribution in [0.25, 0.3) is 0 Å². The summed E-state index contributed by atoms with van der Waals surface area (Å²) >= 11 is 3.33. The van der Waals surface area contributed by atoms with Crippen LogP contribution >= 0.6 is 15.9 Å². The molecule has 0 saturated heterocycles. The van der Waals surface area contributed by atoms with Crippen LogP contribution in [0.5, 0.6) is 5.75 Å². The highest BCUT2D eigenvalue weighted by atomic mass is 79.9. The molecule has 0 aliphatic rings. The Morgan fingerprint density at radius 2 is 2.16 bits per heavy atom. The van der Waals surface area contributed by atoms with Crippen LogP contribution in [0.1, 0.15) is 18.9 Å². The van der Waals surface area contributed by atoms with Crippen molar-refractivity contribution in [3.63, 3.8) is 0 Å². The van der Waals surface area contributed by atoms with Crippen molar-refractivity contribution in [2.45, 2.75) is 25.8 Å². The second kappa shape index (κ2) is 7.13. The lowest BCUT2D eigenvalue weighted by Gasteiger charge is -2.13. The molecule has 19 heavy (non-hydrogen) atoms. The molecule has 0 heterocycles. The molecule has 1 aromatic rings. The molecule has 2 N–H and O–H groups in total. The zero-order chi connectivity index (χ0) is 14.4. The standard InChI is InChI=1S/C13H16BrNO4/c1-8(5-13(17)18)15-12(16)7-9-6-10(14)3-4-11(9)19-2/h3-4,6,8H,5,7H2,1-2H3,(H,15,16)(H,17,18). The number of hydrogen-bond donors (Lipinski definition) is 2. The molecule has 0 saturated carbocycles. The van der Waals surface area contributed by atoms with Gasteiger partial charge in [0.15, 0.2) is 0 Å². The number of ether oxygens (including phenoxy) is 1. The molecule has 1 unspecified atom stereocenters. The molecule has 0 aliphatic heterocycles. The molecule has 0 radical (unpaired) electrons. The van der Waals surface area contributed by atoms with E-state index < -0.39 is 12.0 Å². The van der Waals surface area contributed by atoms with Gasteiger partial charge in [0.2, 0.25) is 5.91 Å². The highest BCUT2D eigenvalue weighted by Crippen LogP contribution is 2.23. The first-order valence-corrected chi connectivity index (χ1v) is 6.55. The Bertz CT molecular complexity index is 476. The van der Waals surface area contributed by atoms with Crippen LogP contribution < -0.4 is 10.1 Å². The highest BCUT2D eigenvalue weighted by molar-refractivity contribution is 9.10. The largest absolute Gasteiger partial charge is 0.496 e. The van der Waals surface area contributed by atoms with Crippen LogP contribution in [0.3, 0.4) is 0 Å². The molecule has 1 amide bonds. The van der Waals surface area contributed by atoms with E-state index in [-0.39, 0.29) is 18.7 Å². The van der Waals surface area contributed by atoms with Crippen LogP contribution in [0.4, 0.5) is 0 Å². The zero-order valence-electron chi connectivity index (χ0n) is 10.8. The lowest BCUT2D eigenvalue weighted by Crippen LogP contribution is -2.35. The van der Waals surface area contributed by atoms with Crippen molar-refractivity contribution in [1.82, 2.24) is 5.32 Å². The van der Waals surface area contributed by atoms with E-state index in [0.717, 1.165) is 10.0 Å². The summed E-state index contributed by atoms with van der Waals surface area (Å²) in [5.41, 5.74) is 0.747. The van der Waals surface area contributed by atoms with Gasteiger partial charge in [0.25, 0.3) is 0 Å². The Morgan fingerprint density at radius 1 is 1.47 bits per heavy atom. The van der Waals surface area contributed by atoms with Gasteiger partial charge >= 0.3 is 5.97 Å². The molecule has 0 aromatic heterocycles. The quantitative estimate of drug-likeness (QED) is 0.836. The Labute approximate surface area is 120 Å². The fourth-order valence-electron chi connectivity index (χ4n) is 1.70. The molecule has 0 aliphatic carbocycles. The number of carbonyl (C=O) groups is 2. The Hall–Kier alpha value is -1.56. The summed E-state index contributed by atoms with van der Waals surface area (Å²) in [6.45, 7) is 1.66. The molecule has 1 aromatic carbocycles. The van der Waals surface area contributed by atoms with Crippen molar-refractivity contribution in [3.8, 4) is 5.75 Å². The third kappa shape index (κ3) is 5.30. The van der Waals surface area contributed by atoms with Gasteiger partial charge in [0, 0.05) is 16.1 Å². The number of amides is 1. The summed E-state index contributed by atoms with van der Waals surface area (Å²) in [4.78, 5) is 22.3. The predicted octanol–water partition coefficient (Wildman–Crippen LogP) is 1.98. The predicted molar refractivity (Wildman–Crippen MR) is 74.3 cm³/mol. The number of halogens is 1. The maximum Gasteiger partial charge on any atom is 0.305 e. The summed E-state index contributed by atoms with van der Waals surface area (Å²) in [7, 11) is 1.54. The summed E-state index contributed by atoms with van der Waals surface area (Å²) in [6.07, 6.45) is 0.0495. The number of carboxylic acids is 1. The number of benzene rings is 1. The second-order valence-corrected chi connectivity index (χ2v) is 5.12. The molecular weight excluding hydrogens is 314 g/mol. The molecule has 0 spiro atoms. The first kappa shape index (κ1) is 15.5. The number of aliphatic carboxylic acids is 1.